The van der Waals surface area contributed by atoms with Gasteiger partial charge in [0, 0.05) is 32.2 Å². The molecule has 132 valence electrons. The third kappa shape index (κ3) is 3.87. The molecule has 1 unspecified atom stereocenters. The monoisotopic (exact) mass is 342 g/mol. The summed E-state index contributed by atoms with van der Waals surface area (Å²) in [4.78, 5) is 30.0. The van der Waals surface area contributed by atoms with E-state index in [1.165, 1.54) is 6.92 Å². The van der Waals surface area contributed by atoms with Crippen molar-refractivity contribution in [3.05, 3.63) is 47.1 Å². The van der Waals surface area contributed by atoms with Crippen molar-refractivity contribution < 1.29 is 14.1 Å². The van der Waals surface area contributed by atoms with Gasteiger partial charge >= 0.3 is 0 Å². The minimum absolute atomic E-state index is 0.00615. The van der Waals surface area contributed by atoms with Crippen molar-refractivity contribution in [2.24, 2.45) is 0 Å². The van der Waals surface area contributed by atoms with E-state index in [4.69, 9.17) is 4.52 Å². The predicted octanol–water partition coefficient (Wildman–Crippen LogP) is 2.25. The van der Waals surface area contributed by atoms with E-state index < -0.39 is 0 Å². The molecular formula is C18H22N4O3. The van der Waals surface area contributed by atoms with E-state index in [9.17, 15) is 9.59 Å². The fourth-order valence-corrected chi connectivity index (χ4v) is 3.10. The smallest absolute Gasteiger partial charge is 0.276 e. The van der Waals surface area contributed by atoms with Crippen molar-refractivity contribution in [2.45, 2.75) is 45.7 Å². The predicted molar refractivity (Wildman–Crippen MR) is 90.7 cm³/mol. The number of aryl methyl sites for hydroxylation is 1. The minimum atomic E-state index is -0.105. The molecule has 1 N–H and O–H groups in total. The standard InChI is InChI=1S/C18H22N4O3/c1-3-15-10-16(21-25-15)18(24)22-8-4-5-17(22)13-6-7-19-14(9-13)11-20-12(2)23/h6-7,9-10,17H,3-5,8,11H2,1-2H3,(H,20,23). The second-order valence-corrected chi connectivity index (χ2v) is 6.18. The summed E-state index contributed by atoms with van der Waals surface area (Å²) in [6.45, 7) is 4.51. The molecule has 2 amide bonds. The summed E-state index contributed by atoms with van der Waals surface area (Å²) in [5.74, 6) is 0.509. The van der Waals surface area contributed by atoms with Gasteiger partial charge < -0.3 is 14.7 Å². The van der Waals surface area contributed by atoms with Crippen LogP contribution in [-0.2, 0) is 17.8 Å². The summed E-state index contributed by atoms with van der Waals surface area (Å²) in [6, 6.07) is 5.58. The molecule has 2 aromatic rings. The molecule has 2 aromatic heterocycles. The van der Waals surface area contributed by atoms with Crippen LogP contribution >= 0.6 is 0 Å². The van der Waals surface area contributed by atoms with Gasteiger partial charge in [0.1, 0.15) is 5.76 Å². The number of hydrogen-bond acceptors (Lipinski definition) is 5. The quantitative estimate of drug-likeness (QED) is 0.900. The van der Waals surface area contributed by atoms with Crippen molar-refractivity contribution in [3.63, 3.8) is 0 Å². The highest BCUT2D eigenvalue weighted by Crippen LogP contribution is 2.33. The lowest BCUT2D eigenvalue weighted by molar-refractivity contribution is -0.119. The highest BCUT2D eigenvalue weighted by molar-refractivity contribution is 5.92. The molecule has 7 heteroatoms. The van der Waals surface area contributed by atoms with Gasteiger partial charge in [-0.2, -0.15) is 0 Å². The van der Waals surface area contributed by atoms with E-state index in [-0.39, 0.29) is 17.9 Å². The number of nitrogens with zero attached hydrogens (tertiary/aromatic N) is 3. The molecule has 0 bridgehead atoms. The Morgan fingerprint density at radius 1 is 1.40 bits per heavy atom. The molecule has 7 nitrogen and oxygen atoms in total. The van der Waals surface area contributed by atoms with Crippen molar-refractivity contribution in [2.75, 3.05) is 6.54 Å². The number of hydrogen-bond donors (Lipinski definition) is 1. The Morgan fingerprint density at radius 2 is 2.24 bits per heavy atom. The zero-order chi connectivity index (χ0) is 17.8. The molecular weight excluding hydrogens is 320 g/mol. The topological polar surface area (TPSA) is 88.3 Å². The van der Waals surface area contributed by atoms with Gasteiger partial charge in [0.05, 0.1) is 18.3 Å². The van der Waals surface area contributed by atoms with Gasteiger partial charge in [-0.15, -0.1) is 0 Å². The number of likely N-dealkylation sites (tertiary alicyclic amines) is 1. The summed E-state index contributed by atoms with van der Waals surface area (Å²) < 4.78 is 5.16. The molecule has 3 rings (SSSR count). The van der Waals surface area contributed by atoms with Gasteiger partial charge in [0.25, 0.3) is 5.91 Å². The summed E-state index contributed by atoms with van der Waals surface area (Å²) in [5.41, 5.74) is 2.17. The fourth-order valence-electron chi connectivity index (χ4n) is 3.10. The summed E-state index contributed by atoms with van der Waals surface area (Å²) >= 11 is 0. The number of pyridine rings is 1. The normalized spacial score (nSPS) is 16.9. The Kier molecular flexibility index (Phi) is 5.11. The highest BCUT2D eigenvalue weighted by atomic mass is 16.5. The van der Waals surface area contributed by atoms with E-state index in [0.29, 0.717) is 31.0 Å². The van der Waals surface area contributed by atoms with E-state index in [1.54, 1.807) is 12.3 Å². The number of amides is 2. The molecule has 0 radical (unpaired) electrons. The van der Waals surface area contributed by atoms with Crippen LogP contribution in [0.25, 0.3) is 0 Å². The summed E-state index contributed by atoms with van der Waals surface area (Å²) in [6.07, 6.45) is 4.27. The van der Waals surface area contributed by atoms with Gasteiger partial charge in [0.15, 0.2) is 5.69 Å². The Balaban J connectivity index is 1.78. The Morgan fingerprint density at radius 3 is 2.96 bits per heavy atom. The van der Waals surface area contributed by atoms with Crippen molar-refractivity contribution in [1.82, 2.24) is 20.4 Å². The Labute approximate surface area is 146 Å². The minimum Gasteiger partial charge on any atom is -0.361 e. The van der Waals surface area contributed by atoms with Crippen LogP contribution in [0.15, 0.2) is 28.9 Å². The lowest BCUT2D eigenvalue weighted by Crippen LogP contribution is -2.31. The van der Waals surface area contributed by atoms with E-state index in [2.05, 4.69) is 15.5 Å². The number of rotatable bonds is 5. The van der Waals surface area contributed by atoms with Crippen LogP contribution in [0.3, 0.4) is 0 Å². The second kappa shape index (κ2) is 7.46. The largest absolute Gasteiger partial charge is 0.361 e. The average molecular weight is 342 g/mol. The van der Waals surface area contributed by atoms with E-state index in [1.807, 2.05) is 24.0 Å². The fraction of sp³-hybridized carbons (Fsp3) is 0.444. The zero-order valence-electron chi connectivity index (χ0n) is 14.5. The first-order valence-corrected chi connectivity index (χ1v) is 8.54. The number of aromatic nitrogens is 2. The van der Waals surface area contributed by atoms with Crippen LogP contribution in [0.5, 0.6) is 0 Å². The number of nitrogens with one attached hydrogen (secondary N) is 1. The maximum absolute atomic E-state index is 12.8. The number of carbonyl (C=O) groups is 2. The maximum Gasteiger partial charge on any atom is 0.276 e. The second-order valence-electron chi connectivity index (χ2n) is 6.18. The van der Waals surface area contributed by atoms with E-state index >= 15 is 0 Å². The molecule has 1 aliphatic rings. The molecule has 0 aromatic carbocycles. The molecule has 1 atom stereocenters. The molecule has 0 saturated carbocycles. The van der Waals surface area contributed by atoms with Crippen LogP contribution in [0.1, 0.15) is 60.2 Å². The van der Waals surface area contributed by atoms with Crippen LogP contribution in [0.2, 0.25) is 0 Å². The SMILES string of the molecule is CCc1cc(C(=O)N2CCCC2c2ccnc(CNC(C)=O)c2)no1. The molecule has 1 saturated heterocycles. The first-order chi connectivity index (χ1) is 12.1. The zero-order valence-corrected chi connectivity index (χ0v) is 14.5. The van der Waals surface area contributed by atoms with Gasteiger partial charge in [0.2, 0.25) is 5.91 Å². The molecule has 1 fully saturated rings. The molecule has 1 aliphatic heterocycles. The lowest BCUT2D eigenvalue weighted by Gasteiger charge is -2.24. The van der Waals surface area contributed by atoms with Gasteiger partial charge in [-0.25, -0.2) is 0 Å². The van der Waals surface area contributed by atoms with Crippen LogP contribution in [0.4, 0.5) is 0 Å². The van der Waals surface area contributed by atoms with Gasteiger partial charge in [-0.3, -0.25) is 14.6 Å². The molecule has 0 aliphatic carbocycles. The lowest BCUT2D eigenvalue weighted by atomic mass is 10.0. The molecule has 25 heavy (non-hydrogen) atoms. The Bertz CT molecular complexity index is 771. The first kappa shape index (κ1) is 17.1. The maximum atomic E-state index is 12.8. The first-order valence-electron chi connectivity index (χ1n) is 8.54. The van der Waals surface area contributed by atoms with Crippen LogP contribution < -0.4 is 5.32 Å². The molecule has 3 heterocycles. The third-order valence-corrected chi connectivity index (χ3v) is 4.38. The third-order valence-electron chi connectivity index (χ3n) is 4.38. The van der Waals surface area contributed by atoms with Crippen LogP contribution in [0, 0.1) is 0 Å². The van der Waals surface area contributed by atoms with Crippen LogP contribution in [-0.4, -0.2) is 33.4 Å². The van der Waals surface area contributed by atoms with Gasteiger partial charge in [-0.1, -0.05) is 12.1 Å². The average Bonchev–Trinajstić information content (AvgIpc) is 3.28. The number of carbonyl (C=O) groups excluding carboxylic acids is 2. The summed E-state index contributed by atoms with van der Waals surface area (Å²) in [5, 5.41) is 6.64. The van der Waals surface area contributed by atoms with Gasteiger partial charge in [-0.05, 0) is 30.5 Å². The Hall–Kier alpha value is -2.70. The van der Waals surface area contributed by atoms with E-state index in [0.717, 1.165) is 24.1 Å². The summed E-state index contributed by atoms with van der Waals surface area (Å²) in [7, 11) is 0. The highest BCUT2D eigenvalue weighted by Gasteiger charge is 2.32. The van der Waals surface area contributed by atoms with Crippen molar-refractivity contribution in [1.29, 1.82) is 0 Å². The molecule has 0 spiro atoms. The van der Waals surface area contributed by atoms with Crippen molar-refractivity contribution in [3.8, 4) is 0 Å². The van der Waals surface area contributed by atoms with Crippen molar-refractivity contribution >= 4 is 11.8 Å².